The fourth-order valence-electron chi connectivity index (χ4n) is 3.62. The summed E-state index contributed by atoms with van der Waals surface area (Å²) in [6.07, 6.45) is 0. The van der Waals surface area contributed by atoms with Crippen molar-refractivity contribution >= 4 is 33.4 Å². The molecule has 2 aromatic rings. The first-order chi connectivity index (χ1) is 14.2. The minimum Gasteiger partial charge on any atom is -0.507 e. The number of nitrogens with zero attached hydrogens (tertiary/aromatic N) is 2. The highest BCUT2D eigenvalue weighted by molar-refractivity contribution is 9.10. The van der Waals surface area contributed by atoms with Crippen molar-refractivity contribution in [2.75, 3.05) is 34.3 Å². The lowest BCUT2D eigenvalue weighted by atomic mass is 9.94. The second kappa shape index (κ2) is 9.02. The Labute approximate surface area is 184 Å². The molecule has 0 aliphatic carbocycles. The monoisotopic (exact) mass is 472 g/mol. The van der Waals surface area contributed by atoms with Crippen LogP contribution >= 0.6 is 15.9 Å². The Morgan fingerprint density at radius 3 is 2.53 bits per heavy atom. The zero-order chi connectivity index (χ0) is 22.0. The SMILES string of the molecule is COc1ccc(C(O)=C2C(=O)C(=O)N(CCN(C)C)[C@H]2c2cccc(Br)c2)c(C)c1. The van der Waals surface area contributed by atoms with E-state index in [2.05, 4.69) is 15.9 Å². The first-order valence-electron chi connectivity index (χ1n) is 9.58. The molecule has 1 aliphatic rings. The van der Waals surface area contributed by atoms with Crippen molar-refractivity contribution in [3.05, 3.63) is 69.2 Å². The summed E-state index contributed by atoms with van der Waals surface area (Å²) in [5.41, 5.74) is 2.11. The van der Waals surface area contributed by atoms with Gasteiger partial charge in [-0.3, -0.25) is 9.59 Å². The molecule has 30 heavy (non-hydrogen) atoms. The molecule has 7 heteroatoms. The van der Waals surface area contributed by atoms with Gasteiger partial charge < -0.3 is 19.6 Å². The molecule has 3 rings (SSSR count). The number of aliphatic hydroxyl groups is 1. The number of ketones is 1. The highest BCUT2D eigenvalue weighted by Crippen LogP contribution is 2.40. The molecule has 0 spiro atoms. The Balaban J connectivity index is 2.17. The van der Waals surface area contributed by atoms with Gasteiger partial charge in [0, 0.05) is 23.1 Å². The average molecular weight is 473 g/mol. The first kappa shape index (κ1) is 22.1. The summed E-state index contributed by atoms with van der Waals surface area (Å²) < 4.78 is 6.06. The predicted molar refractivity (Wildman–Crippen MR) is 119 cm³/mol. The van der Waals surface area contributed by atoms with Gasteiger partial charge in [-0.1, -0.05) is 28.1 Å². The molecule has 1 aliphatic heterocycles. The van der Waals surface area contributed by atoms with Crippen LogP contribution in [0.1, 0.15) is 22.7 Å². The van der Waals surface area contributed by atoms with Gasteiger partial charge >= 0.3 is 0 Å². The Hall–Kier alpha value is -2.64. The number of ether oxygens (including phenoxy) is 1. The van der Waals surface area contributed by atoms with Crippen LogP contribution in [0.5, 0.6) is 5.75 Å². The van der Waals surface area contributed by atoms with Crippen molar-refractivity contribution < 1.29 is 19.4 Å². The van der Waals surface area contributed by atoms with Crippen LogP contribution in [0.3, 0.4) is 0 Å². The summed E-state index contributed by atoms with van der Waals surface area (Å²) >= 11 is 3.46. The Morgan fingerprint density at radius 2 is 1.93 bits per heavy atom. The number of aliphatic hydroxyl groups excluding tert-OH is 1. The number of halogens is 1. The summed E-state index contributed by atoms with van der Waals surface area (Å²) in [6.45, 7) is 2.79. The number of carbonyl (C=O) groups excluding carboxylic acids is 2. The number of carbonyl (C=O) groups is 2. The van der Waals surface area contributed by atoms with Crippen molar-refractivity contribution in [1.29, 1.82) is 0 Å². The van der Waals surface area contributed by atoms with Crippen molar-refractivity contribution in [2.24, 2.45) is 0 Å². The maximum Gasteiger partial charge on any atom is 0.295 e. The molecule has 0 saturated carbocycles. The molecular weight excluding hydrogens is 448 g/mol. The molecular formula is C23H25BrN2O4. The molecule has 0 radical (unpaired) electrons. The smallest absolute Gasteiger partial charge is 0.295 e. The minimum absolute atomic E-state index is 0.102. The molecule has 1 fully saturated rings. The molecule has 6 nitrogen and oxygen atoms in total. The zero-order valence-corrected chi connectivity index (χ0v) is 19.1. The fraction of sp³-hybridized carbons (Fsp3) is 0.304. The van der Waals surface area contributed by atoms with E-state index in [4.69, 9.17) is 4.74 Å². The standard InChI is InChI=1S/C23H25BrN2O4/c1-14-12-17(30-4)8-9-18(14)21(27)19-20(15-6-5-7-16(24)13-15)26(11-10-25(2)3)23(29)22(19)28/h5-9,12-13,20,27H,10-11H2,1-4H3/t20-/m0/s1. The highest BCUT2D eigenvalue weighted by Gasteiger charge is 2.46. The lowest BCUT2D eigenvalue weighted by Gasteiger charge is -2.26. The van der Waals surface area contributed by atoms with E-state index in [1.165, 1.54) is 4.90 Å². The lowest BCUT2D eigenvalue weighted by molar-refractivity contribution is -0.140. The van der Waals surface area contributed by atoms with E-state index in [0.717, 1.165) is 15.6 Å². The molecule has 158 valence electrons. The predicted octanol–water partition coefficient (Wildman–Crippen LogP) is 3.75. The fourth-order valence-corrected chi connectivity index (χ4v) is 4.03. The Bertz CT molecular complexity index is 1020. The number of hydrogen-bond acceptors (Lipinski definition) is 5. The van der Waals surface area contributed by atoms with E-state index >= 15 is 0 Å². The van der Waals surface area contributed by atoms with Crippen molar-refractivity contribution in [3.8, 4) is 5.75 Å². The molecule has 1 saturated heterocycles. The zero-order valence-electron chi connectivity index (χ0n) is 17.5. The van der Waals surface area contributed by atoms with Crippen LogP contribution in [0.4, 0.5) is 0 Å². The number of likely N-dealkylation sites (tertiary alicyclic amines) is 1. The van der Waals surface area contributed by atoms with Crippen molar-refractivity contribution in [2.45, 2.75) is 13.0 Å². The second-order valence-corrected chi connectivity index (χ2v) is 8.45. The molecule has 1 heterocycles. The average Bonchev–Trinajstić information content (AvgIpc) is 2.96. The quantitative estimate of drug-likeness (QED) is 0.393. The van der Waals surface area contributed by atoms with Crippen LogP contribution in [0.15, 0.2) is 52.5 Å². The summed E-state index contributed by atoms with van der Waals surface area (Å²) in [5.74, 6) is -0.800. The number of Topliss-reactive ketones (excluding diaryl/α,β-unsaturated/α-hetero) is 1. The number of aryl methyl sites for hydroxylation is 1. The summed E-state index contributed by atoms with van der Waals surface area (Å²) in [5, 5.41) is 11.2. The molecule has 2 aromatic carbocycles. The molecule has 0 unspecified atom stereocenters. The van der Waals surface area contributed by atoms with Crippen LogP contribution in [-0.2, 0) is 9.59 Å². The second-order valence-electron chi connectivity index (χ2n) is 7.53. The minimum atomic E-state index is -0.675. The van der Waals surface area contributed by atoms with Gasteiger partial charge in [-0.25, -0.2) is 0 Å². The molecule has 1 atom stereocenters. The third-order valence-corrected chi connectivity index (χ3v) is 5.67. The van der Waals surface area contributed by atoms with E-state index < -0.39 is 17.7 Å². The van der Waals surface area contributed by atoms with Crippen molar-refractivity contribution in [1.82, 2.24) is 9.80 Å². The van der Waals surface area contributed by atoms with Crippen LogP contribution in [0, 0.1) is 6.92 Å². The van der Waals surface area contributed by atoms with E-state index in [1.54, 1.807) is 25.3 Å². The number of rotatable bonds is 6. The molecule has 1 amide bonds. The topological polar surface area (TPSA) is 70.1 Å². The van der Waals surface area contributed by atoms with E-state index in [1.807, 2.05) is 50.2 Å². The Morgan fingerprint density at radius 1 is 1.20 bits per heavy atom. The number of benzene rings is 2. The van der Waals surface area contributed by atoms with Gasteiger partial charge in [0.2, 0.25) is 0 Å². The van der Waals surface area contributed by atoms with Gasteiger partial charge in [0.25, 0.3) is 11.7 Å². The van der Waals surface area contributed by atoms with Gasteiger partial charge in [0.1, 0.15) is 11.5 Å². The van der Waals surface area contributed by atoms with E-state index in [-0.39, 0.29) is 11.3 Å². The third kappa shape index (κ3) is 4.27. The number of methoxy groups -OCH3 is 1. The number of amides is 1. The summed E-state index contributed by atoms with van der Waals surface area (Å²) in [6, 6.07) is 12.0. The van der Waals surface area contributed by atoms with Crippen LogP contribution in [-0.4, -0.2) is 60.9 Å². The van der Waals surface area contributed by atoms with E-state index in [0.29, 0.717) is 24.4 Å². The lowest BCUT2D eigenvalue weighted by Crippen LogP contribution is -2.35. The van der Waals surface area contributed by atoms with Gasteiger partial charge in [-0.15, -0.1) is 0 Å². The third-order valence-electron chi connectivity index (χ3n) is 5.18. The Kier molecular flexibility index (Phi) is 6.63. The van der Waals surface area contributed by atoms with Crippen LogP contribution < -0.4 is 4.74 Å². The molecule has 1 N–H and O–H groups in total. The summed E-state index contributed by atoms with van der Waals surface area (Å²) in [4.78, 5) is 29.4. The maximum absolute atomic E-state index is 13.0. The molecule has 0 bridgehead atoms. The van der Waals surface area contributed by atoms with Gasteiger partial charge in [0.15, 0.2) is 0 Å². The van der Waals surface area contributed by atoms with Gasteiger partial charge in [-0.2, -0.15) is 0 Å². The van der Waals surface area contributed by atoms with Crippen LogP contribution in [0.2, 0.25) is 0 Å². The van der Waals surface area contributed by atoms with E-state index in [9.17, 15) is 14.7 Å². The van der Waals surface area contributed by atoms with Crippen LogP contribution in [0.25, 0.3) is 5.76 Å². The van der Waals surface area contributed by atoms with Gasteiger partial charge in [0.05, 0.1) is 18.7 Å². The largest absolute Gasteiger partial charge is 0.507 e. The van der Waals surface area contributed by atoms with Crippen molar-refractivity contribution in [3.63, 3.8) is 0 Å². The normalized spacial score (nSPS) is 18.3. The summed E-state index contributed by atoms with van der Waals surface area (Å²) in [7, 11) is 5.38. The number of hydrogen-bond donors (Lipinski definition) is 1. The maximum atomic E-state index is 13.0. The first-order valence-corrected chi connectivity index (χ1v) is 10.4. The highest BCUT2D eigenvalue weighted by atomic mass is 79.9. The van der Waals surface area contributed by atoms with Gasteiger partial charge in [-0.05, 0) is 62.5 Å². The molecule has 0 aromatic heterocycles. The number of likely N-dealkylation sites (N-methyl/N-ethyl adjacent to an activating group) is 1.